The van der Waals surface area contributed by atoms with Crippen molar-refractivity contribution in [1.29, 1.82) is 0 Å². The minimum atomic E-state index is -0.848. The van der Waals surface area contributed by atoms with Crippen molar-refractivity contribution in [3.63, 3.8) is 0 Å². The van der Waals surface area contributed by atoms with Gasteiger partial charge in [-0.15, -0.1) is 0 Å². The first-order chi connectivity index (χ1) is 10.4. The van der Waals surface area contributed by atoms with Crippen molar-refractivity contribution in [2.24, 2.45) is 5.92 Å². The number of aliphatic carboxylic acids is 1. The van der Waals surface area contributed by atoms with Gasteiger partial charge in [0.05, 0.1) is 5.92 Å². The number of piperidine rings is 1. The number of amides is 1. The maximum atomic E-state index is 12.3. The number of ether oxygens (including phenoxy) is 1. The molecule has 0 spiro atoms. The quantitative estimate of drug-likeness (QED) is 0.924. The van der Waals surface area contributed by atoms with Gasteiger partial charge >= 0.3 is 5.97 Å². The summed E-state index contributed by atoms with van der Waals surface area (Å²) < 4.78 is 5.50. The molecule has 1 aromatic carbocycles. The molecule has 22 heavy (non-hydrogen) atoms. The van der Waals surface area contributed by atoms with Gasteiger partial charge in [-0.05, 0) is 50.5 Å². The summed E-state index contributed by atoms with van der Waals surface area (Å²) in [5.41, 5.74) is 0.879. The number of halogens is 1. The average Bonchev–Trinajstić information content (AvgIpc) is 2.48. The Hall–Kier alpha value is -1.75. The van der Waals surface area contributed by atoms with Crippen molar-refractivity contribution in [3.8, 4) is 5.75 Å². The van der Waals surface area contributed by atoms with Crippen LogP contribution in [0, 0.1) is 12.8 Å². The molecule has 2 unspecified atom stereocenters. The van der Waals surface area contributed by atoms with E-state index >= 15 is 0 Å². The monoisotopic (exact) mass is 325 g/mol. The van der Waals surface area contributed by atoms with Gasteiger partial charge in [0.1, 0.15) is 5.75 Å². The van der Waals surface area contributed by atoms with Crippen LogP contribution in [0.5, 0.6) is 5.75 Å². The molecule has 1 aromatic rings. The number of carbonyl (C=O) groups is 2. The second-order valence-corrected chi connectivity index (χ2v) is 6.11. The van der Waals surface area contributed by atoms with E-state index in [1.807, 2.05) is 13.8 Å². The molecule has 0 aromatic heterocycles. The number of benzene rings is 1. The van der Waals surface area contributed by atoms with Crippen LogP contribution in [-0.4, -0.2) is 41.1 Å². The van der Waals surface area contributed by atoms with Gasteiger partial charge in [-0.1, -0.05) is 11.6 Å². The van der Waals surface area contributed by atoms with Crippen molar-refractivity contribution in [2.45, 2.75) is 32.7 Å². The predicted molar refractivity (Wildman–Crippen MR) is 83.2 cm³/mol. The lowest BCUT2D eigenvalue weighted by Crippen LogP contribution is -2.49. The third kappa shape index (κ3) is 3.91. The Bertz CT molecular complexity index is 575. The molecule has 1 fully saturated rings. The number of rotatable bonds is 4. The van der Waals surface area contributed by atoms with Crippen molar-refractivity contribution in [1.82, 2.24) is 4.90 Å². The summed E-state index contributed by atoms with van der Waals surface area (Å²) in [6.07, 6.45) is 1.31. The van der Waals surface area contributed by atoms with E-state index in [0.29, 0.717) is 23.6 Å². The van der Waals surface area contributed by atoms with Crippen molar-refractivity contribution >= 4 is 23.5 Å². The van der Waals surface area contributed by atoms with Crippen LogP contribution in [0.4, 0.5) is 0 Å². The Kier molecular flexibility index (Phi) is 5.29. The fourth-order valence-electron chi connectivity index (χ4n) is 2.59. The number of carbonyl (C=O) groups excluding carboxylic acids is 1. The Morgan fingerprint density at radius 3 is 2.77 bits per heavy atom. The molecule has 120 valence electrons. The maximum Gasteiger partial charge on any atom is 0.308 e. The Balaban J connectivity index is 1.95. The highest BCUT2D eigenvalue weighted by molar-refractivity contribution is 6.31. The molecule has 1 amide bonds. The number of hydrogen-bond donors (Lipinski definition) is 1. The lowest BCUT2D eigenvalue weighted by atomic mass is 9.93. The molecule has 1 aliphatic heterocycles. The maximum absolute atomic E-state index is 12.3. The highest BCUT2D eigenvalue weighted by Gasteiger charge is 2.32. The predicted octanol–water partition coefficient (Wildman–Crippen LogP) is 2.74. The molecule has 1 heterocycles. The number of carboxylic acid groups (broad SMARTS) is 1. The lowest BCUT2D eigenvalue weighted by molar-refractivity contribution is -0.147. The minimum absolute atomic E-state index is 0.0404. The summed E-state index contributed by atoms with van der Waals surface area (Å²) in [6, 6.07) is 5.25. The van der Waals surface area contributed by atoms with Gasteiger partial charge in [0.2, 0.25) is 0 Å². The summed E-state index contributed by atoms with van der Waals surface area (Å²) in [5.74, 6) is -0.947. The Morgan fingerprint density at radius 1 is 1.41 bits per heavy atom. The molecule has 1 aliphatic rings. The number of carboxylic acids is 1. The Morgan fingerprint density at radius 2 is 2.14 bits per heavy atom. The first-order valence-corrected chi connectivity index (χ1v) is 7.67. The van der Waals surface area contributed by atoms with E-state index < -0.39 is 11.9 Å². The smallest absolute Gasteiger partial charge is 0.308 e. The van der Waals surface area contributed by atoms with Crippen molar-refractivity contribution in [3.05, 3.63) is 28.8 Å². The van der Waals surface area contributed by atoms with Crippen LogP contribution in [0.15, 0.2) is 18.2 Å². The largest absolute Gasteiger partial charge is 0.484 e. The fraction of sp³-hybridized carbons (Fsp3) is 0.500. The van der Waals surface area contributed by atoms with E-state index in [0.717, 1.165) is 5.56 Å². The zero-order valence-electron chi connectivity index (χ0n) is 12.7. The highest BCUT2D eigenvalue weighted by Crippen LogP contribution is 2.23. The van der Waals surface area contributed by atoms with Gasteiger partial charge in [0.15, 0.2) is 6.61 Å². The van der Waals surface area contributed by atoms with E-state index in [1.54, 1.807) is 23.1 Å². The summed E-state index contributed by atoms with van der Waals surface area (Å²) >= 11 is 5.94. The molecule has 5 nitrogen and oxygen atoms in total. The normalized spacial score (nSPS) is 21.5. The van der Waals surface area contributed by atoms with Gasteiger partial charge in [0, 0.05) is 17.6 Å². The van der Waals surface area contributed by atoms with E-state index in [-0.39, 0.29) is 25.1 Å². The molecule has 2 rings (SSSR count). The zero-order valence-corrected chi connectivity index (χ0v) is 13.5. The minimum Gasteiger partial charge on any atom is -0.484 e. The molecule has 0 bridgehead atoms. The van der Waals surface area contributed by atoms with Crippen molar-refractivity contribution < 1.29 is 19.4 Å². The van der Waals surface area contributed by atoms with Crippen LogP contribution in [0.25, 0.3) is 0 Å². The van der Waals surface area contributed by atoms with Gasteiger partial charge < -0.3 is 14.7 Å². The van der Waals surface area contributed by atoms with Crippen LogP contribution >= 0.6 is 11.6 Å². The van der Waals surface area contributed by atoms with Crippen molar-refractivity contribution in [2.75, 3.05) is 13.2 Å². The van der Waals surface area contributed by atoms with Crippen LogP contribution in [0.1, 0.15) is 25.3 Å². The number of likely N-dealkylation sites (tertiary alicyclic amines) is 1. The molecule has 0 saturated carbocycles. The fourth-order valence-corrected chi connectivity index (χ4v) is 2.71. The Labute approximate surface area is 134 Å². The molecule has 1 saturated heterocycles. The standard InChI is InChI=1S/C16H20ClNO4/c1-10-7-13(5-6-14(10)17)22-9-15(19)18-8-12(16(20)21)4-3-11(18)2/h5-7,11-12H,3-4,8-9H2,1-2H3,(H,20,21). The molecule has 0 aliphatic carbocycles. The molecular formula is C16H20ClNO4. The summed E-state index contributed by atoms with van der Waals surface area (Å²) in [7, 11) is 0. The third-order valence-corrected chi connectivity index (χ3v) is 4.47. The first-order valence-electron chi connectivity index (χ1n) is 7.29. The van der Waals surface area contributed by atoms with Gasteiger partial charge in [0.25, 0.3) is 5.91 Å². The first kappa shape index (κ1) is 16.6. The topological polar surface area (TPSA) is 66.8 Å². The lowest BCUT2D eigenvalue weighted by Gasteiger charge is -2.36. The number of aryl methyl sites for hydroxylation is 1. The van der Waals surface area contributed by atoms with Gasteiger partial charge in [-0.3, -0.25) is 9.59 Å². The zero-order chi connectivity index (χ0) is 16.3. The third-order valence-electron chi connectivity index (χ3n) is 4.04. The van der Waals surface area contributed by atoms with Gasteiger partial charge in [-0.25, -0.2) is 0 Å². The molecular weight excluding hydrogens is 306 g/mol. The second-order valence-electron chi connectivity index (χ2n) is 5.71. The summed E-state index contributed by atoms with van der Waals surface area (Å²) in [4.78, 5) is 25.0. The SMILES string of the molecule is Cc1cc(OCC(=O)N2CC(C(=O)O)CCC2C)ccc1Cl. The molecule has 2 atom stereocenters. The average molecular weight is 326 g/mol. The van der Waals surface area contributed by atoms with Crippen LogP contribution in [-0.2, 0) is 9.59 Å². The summed E-state index contributed by atoms with van der Waals surface area (Å²) in [5, 5.41) is 9.75. The second kappa shape index (κ2) is 7.01. The van der Waals surface area contributed by atoms with E-state index in [2.05, 4.69) is 0 Å². The van der Waals surface area contributed by atoms with Gasteiger partial charge in [-0.2, -0.15) is 0 Å². The highest BCUT2D eigenvalue weighted by atomic mass is 35.5. The van der Waals surface area contributed by atoms with E-state index in [4.69, 9.17) is 21.4 Å². The number of hydrogen-bond acceptors (Lipinski definition) is 3. The molecule has 6 heteroatoms. The van der Waals surface area contributed by atoms with E-state index in [9.17, 15) is 9.59 Å². The molecule has 0 radical (unpaired) electrons. The van der Waals surface area contributed by atoms with Crippen LogP contribution in [0.3, 0.4) is 0 Å². The van der Waals surface area contributed by atoms with E-state index in [1.165, 1.54) is 0 Å². The summed E-state index contributed by atoms with van der Waals surface area (Å²) in [6.45, 7) is 3.94. The number of nitrogens with zero attached hydrogens (tertiary/aromatic N) is 1. The van der Waals surface area contributed by atoms with Crippen LogP contribution in [0.2, 0.25) is 5.02 Å². The van der Waals surface area contributed by atoms with Crippen LogP contribution < -0.4 is 4.74 Å². The molecule has 1 N–H and O–H groups in total.